The Balaban J connectivity index is 1.99. The number of piperazine rings is 1. The van der Waals surface area contributed by atoms with Crippen molar-refractivity contribution in [1.82, 2.24) is 10.2 Å². The van der Waals surface area contributed by atoms with Crippen molar-refractivity contribution in [3.63, 3.8) is 0 Å². The molecule has 0 aromatic heterocycles. The zero-order chi connectivity index (χ0) is 13.8. The molecule has 6 heteroatoms. The minimum atomic E-state index is -0.731. The summed E-state index contributed by atoms with van der Waals surface area (Å²) in [7, 11) is 0. The SMILES string of the molecule is Cc1ccc(NC(=O)C(=O)N2CCNCC2)cc1F. The molecule has 2 rings (SSSR count). The van der Waals surface area contributed by atoms with Crippen LogP contribution in [0.3, 0.4) is 0 Å². The molecule has 0 bridgehead atoms. The maximum Gasteiger partial charge on any atom is 0.313 e. The number of aryl methyl sites for hydroxylation is 1. The van der Waals surface area contributed by atoms with Gasteiger partial charge in [0, 0.05) is 31.9 Å². The van der Waals surface area contributed by atoms with Crippen LogP contribution in [0.2, 0.25) is 0 Å². The van der Waals surface area contributed by atoms with Crippen LogP contribution in [0.1, 0.15) is 5.56 Å². The van der Waals surface area contributed by atoms with Crippen molar-refractivity contribution < 1.29 is 14.0 Å². The topological polar surface area (TPSA) is 61.4 Å². The van der Waals surface area contributed by atoms with Gasteiger partial charge in [-0.15, -0.1) is 0 Å². The van der Waals surface area contributed by atoms with Gasteiger partial charge in [-0.2, -0.15) is 0 Å². The van der Waals surface area contributed by atoms with E-state index < -0.39 is 17.6 Å². The summed E-state index contributed by atoms with van der Waals surface area (Å²) < 4.78 is 13.3. The summed E-state index contributed by atoms with van der Waals surface area (Å²) in [6, 6.07) is 4.33. The third kappa shape index (κ3) is 3.29. The third-order valence-electron chi connectivity index (χ3n) is 3.03. The summed E-state index contributed by atoms with van der Waals surface area (Å²) in [5.74, 6) is -1.72. The molecule has 1 aromatic carbocycles. The number of halogens is 1. The first-order valence-electron chi connectivity index (χ1n) is 6.15. The number of hydrogen-bond acceptors (Lipinski definition) is 3. The van der Waals surface area contributed by atoms with Crippen molar-refractivity contribution in [2.75, 3.05) is 31.5 Å². The van der Waals surface area contributed by atoms with Gasteiger partial charge in [-0.1, -0.05) is 6.07 Å². The monoisotopic (exact) mass is 265 g/mol. The predicted octanol–water partition coefficient (Wildman–Crippen LogP) is 0.504. The van der Waals surface area contributed by atoms with Crippen molar-refractivity contribution in [2.24, 2.45) is 0 Å². The minimum absolute atomic E-state index is 0.289. The highest BCUT2D eigenvalue weighted by molar-refractivity contribution is 6.39. The Hall–Kier alpha value is -1.95. The number of nitrogens with one attached hydrogen (secondary N) is 2. The van der Waals surface area contributed by atoms with E-state index in [9.17, 15) is 14.0 Å². The van der Waals surface area contributed by atoms with Crippen LogP contribution < -0.4 is 10.6 Å². The summed E-state index contributed by atoms with van der Waals surface area (Å²) in [5, 5.41) is 5.51. The van der Waals surface area contributed by atoms with Crippen LogP contribution >= 0.6 is 0 Å². The molecule has 102 valence electrons. The molecule has 0 saturated carbocycles. The molecule has 0 radical (unpaired) electrons. The van der Waals surface area contributed by atoms with Gasteiger partial charge >= 0.3 is 11.8 Å². The van der Waals surface area contributed by atoms with E-state index in [0.717, 1.165) is 0 Å². The van der Waals surface area contributed by atoms with E-state index in [1.54, 1.807) is 19.1 Å². The molecule has 1 aliphatic rings. The van der Waals surface area contributed by atoms with Crippen LogP contribution in [-0.2, 0) is 9.59 Å². The van der Waals surface area contributed by atoms with Crippen molar-refractivity contribution in [3.8, 4) is 0 Å². The van der Waals surface area contributed by atoms with Crippen molar-refractivity contribution in [3.05, 3.63) is 29.6 Å². The first-order valence-corrected chi connectivity index (χ1v) is 6.15. The molecule has 1 aliphatic heterocycles. The molecule has 0 aliphatic carbocycles. The van der Waals surface area contributed by atoms with E-state index in [2.05, 4.69) is 10.6 Å². The van der Waals surface area contributed by atoms with Gasteiger partial charge in [-0.3, -0.25) is 9.59 Å². The van der Waals surface area contributed by atoms with Crippen LogP contribution in [-0.4, -0.2) is 42.9 Å². The maximum absolute atomic E-state index is 13.3. The zero-order valence-corrected chi connectivity index (χ0v) is 10.7. The fourth-order valence-electron chi connectivity index (χ4n) is 1.87. The summed E-state index contributed by atoms with van der Waals surface area (Å²) in [4.78, 5) is 25.1. The van der Waals surface area contributed by atoms with Gasteiger partial charge in [0.1, 0.15) is 5.82 Å². The molecule has 2 amide bonds. The lowest BCUT2D eigenvalue weighted by Crippen LogP contribution is -2.49. The quantitative estimate of drug-likeness (QED) is 0.727. The average Bonchev–Trinajstić information content (AvgIpc) is 2.43. The van der Waals surface area contributed by atoms with Gasteiger partial charge < -0.3 is 15.5 Å². The molecule has 2 N–H and O–H groups in total. The van der Waals surface area contributed by atoms with Gasteiger partial charge in [0.25, 0.3) is 0 Å². The van der Waals surface area contributed by atoms with Crippen LogP contribution in [0, 0.1) is 12.7 Å². The Morgan fingerprint density at radius 1 is 1.32 bits per heavy atom. The average molecular weight is 265 g/mol. The summed E-state index contributed by atoms with van der Waals surface area (Å²) in [6.07, 6.45) is 0. The molecular weight excluding hydrogens is 249 g/mol. The van der Waals surface area contributed by atoms with Gasteiger partial charge in [-0.25, -0.2) is 4.39 Å². The van der Waals surface area contributed by atoms with Crippen molar-refractivity contribution >= 4 is 17.5 Å². The predicted molar refractivity (Wildman–Crippen MR) is 69.2 cm³/mol. The molecule has 0 unspecified atom stereocenters. The first kappa shape index (κ1) is 13.5. The summed E-state index contributed by atoms with van der Waals surface area (Å²) in [6.45, 7) is 4.01. The largest absolute Gasteiger partial charge is 0.332 e. The van der Waals surface area contributed by atoms with Gasteiger partial charge in [0.2, 0.25) is 0 Å². The fraction of sp³-hybridized carbons (Fsp3) is 0.385. The lowest BCUT2D eigenvalue weighted by molar-refractivity contribution is -0.143. The van der Waals surface area contributed by atoms with Crippen molar-refractivity contribution in [2.45, 2.75) is 6.92 Å². The second kappa shape index (κ2) is 5.79. The standard InChI is InChI=1S/C13H16FN3O2/c1-9-2-3-10(8-11(9)14)16-12(18)13(19)17-6-4-15-5-7-17/h2-3,8,15H,4-7H2,1H3,(H,16,18). The molecule has 0 spiro atoms. The normalized spacial score (nSPS) is 15.2. The van der Waals surface area contributed by atoms with Crippen LogP contribution in [0.25, 0.3) is 0 Å². The Kier molecular flexibility index (Phi) is 4.11. The lowest BCUT2D eigenvalue weighted by Gasteiger charge is -2.26. The number of carbonyl (C=O) groups is 2. The first-order chi connectivity index (χ1) is 9.08. The Labute approximate surface area is 110 Å². The van der Waals surface area contributed by atoms with E-state index in [1.165, 1.54) is 11.0 Å². The molecule has 19 heavy (non-hydrogen) atoms. The van der Waals surface area contributed by atoms with Crippen molar-refractivity contribution in [1.29, 1.82) is 0 Å². The molecule has 1 heterocycles. The molecule has 0 atom stereocenters. The number of carbonyl (C=O) groups excluding carboxylic acids is 2. The molecule has 1 fully saturated rings. The number of benzene rings is 1. The Morgan fingerprint density at radius 3 is 2.63 bits per heavy atom. The van der Waals surface area contributed by atoms with E-state index in [-0.39, 0.29) is 5.69 Å². The second-order valence-corrected chi connectivity index (χ2v) is 4.46. The van der Waals surface area contributed by atoms with Gasteiger partial charge in [0.15, 0.2) is 0 Å². The van der Waals surface area contributed by atoms with Gasteiger partial charge in [-0.05, 0) is 24.6 Å². The van der Waals surface area contributed by atoms with Crippen LogP contribution in [0.4, 0.5) is 10.1 Å². The second-order valence-electron chi connectivity index (χ2n) is 4.46. The molecule has 1 aromatic rings. The van der Waals surface area contributed by atoms with Crippen LogP contribution in [0.5, 0.6) is 0 Å². The summed E-state index contributed by atoms with van der Waals surface area (Å²) >= 11 is 0. The van der Waals surface area contributed by atoms with E-state index >= 15 is 0 Å². The third-order valence-corrected chi connectivity index (χ3v) is 3.03. The molecule has 5 nitrogen and oxygen atoms in total. The highest BCUT2D eigenvalue weighted by Crippen LogP contribution is 2.13. The lowest BCUT2D eigenvalue weighted by atomic mass is 10.2. The van der Waals surface area contributed by atoms with E-state index in [1.807, 2.05) is 0 Å². The Morgan fingerprint density at radius 2 is 2.00 bits per heavy atom. The maximum atomic E-state index is 13.3. The number of nitrogens with zero attached hydrogens (tertiary/aromatic N) is 1. The number of hydrogen-bond donors (Lipinski definition) is 2. The smallest absolute Gasteiger partial charge is 0.313 e. The van der Waals surface area contributed by atoms with E-state index in [4.69, 9.17) is 0 Å². The zero-order valence-electron chi connectivity index (χ0n) is 10.7. The minimum Gasteiger partial charge on any atom is -0.332 e. The highest BCUT2D eigenvalue weighted by Gasteiger charge is 2.23. The fourth-order valence-corrected chi connectivity index (χ4v) is 1.87. The summed E-state index contributed by atoms with van der Waals surface area (Å²) in [5.41, 5.74) is 0.781. The van der Waals surface area contributed by atoms with E-state index in [0.29, 0.717) is 31.7 Å². The number of amides is 2. The molecule has 1 saturated heterocycles. The number of anilines is 1. The number of rotatable bonds is 1. The van der Waals surface area contributed by atoms with Crippen LogP contribution in [0.15, 0.2) is 18.2 Å². The van der Waals surface area contributed by atoms with Gasteiger partial charge in [0.05, 0.1) is 0 Å². The Bertz CT molecular complexity index is 499. The molecular formula is C13H16FN3O2. The highest BCUT2D eigenvalue weighted by atomic mass is 19.1.